The second kappa shape index (κ2) is 14.6. The minimum atomic E-state index is -0.508. The van der Waals surface area contributed by atoms with Crippen molar-refractivity contribution in [3.05, 3.63) is 0 Å². The van der Waals surface area contributed by atoms with Crippen LogP contribution in [0.4, 0.5) is 9.59 Å². The number of nitrogens with one attached hydrogen (secondary N) is 3. The summed E-state index contributed by atoms with van der Waals surface area (Å²) in [6.07, 6.45) is -0.675. The van der Waals surface area contributed by atoms with Crippen molar-refractivity contribution >= 4 is 42.1 Å². The zero-order chi connectivity index (χ0) is 23.5. The number of rotatable bonds is 7. The van der Waals surface area contributed by atoms with E-state index < -0.39 is 17.3 Å². The third-order valence-corrected chi connectivity index (χ3v) is 4.14. The van der Waals surface area contributed by atoms with Crippen molar-refractivity contribution in [2.75, 3.05) is 58.9 Å². The van der Waals surface area contributed by atoms with Crippen LogP contribution in [0.3, 0.4) is 0 Å². The molecule has 0 aromatic heterocycles. The number of alkyl carbamates (subject to hydrolysis) is 1. The zero-order valence-electron chi connectivity index (χ0n) is 20.7. The second-order valence-electron chi connectivity index (χ2n) is 9.43. The molecule has 0 atom stereocenters. The van der Waals surface area contributed by atoms with Crippen molar-refractivity contribution < 1.29 is 19.1 Å². The molecular weight excluding hydrogens is 527 g/mol. The Morgan fingerprint density at radius 3 is 1.97 bits per heavy atom. The predicted octanol–water partition coefficient (Wildman–Crippen LogP) is 2.24. The molecule has 0 unspecified atom stereocenters. The van der Waals surface area contributed by atoms with Crippen molar-refractivity contribution in [1.82, 2.24) is 25.8 Å². The molecule has 0 spiro atoms. The number of carbonyl (C=O) groups is 2. The van der Waals surface area contributed by atoms with Crippen LogP contribution < -0.4 is 16.0 Å². The van der Waals surface area contributed by atoms with Crippen molar-refractivity contribution in [1.29, 1.82) is 0 Å². The fourth-order valence-corrected chi connectivity index (χ4v) is 2.79. The second-order valence-corrected chi connectivity index (χ2v) is 9.43. The molecule has 1 aliphatic heterocycles. The highest BCUT2D eigenvalue weighted by Crippen LogP contribution is 2.11. The first-order valence-electron chi connectivity index (χ1n) is 11.1. The molecule has 0 bridgehead atoms. The van der Waals surface area contributed by atoms with E-state index in [2.05, 4.69) is 25.8 Å². The number of hydrogen-bond donors (Lipinski definition) is 3. The molecular formula is C21H43IN6O4. The van der Waals surface area contributed by atoms with Crippen LogP contribution in [-0.2, 0) is 9.47 Å². The maximum atomic E-state index is 12.1. The summed E-state index contributed by atoms with van der Waals surface area (Å²) in [6.45, 7) is 19.2. The van der Waals surface area contributed by atoms with E-state index in [-0.39, 0.29) is 30.1 Å². The van der Waals surface area contributed by atoms with E-state index in [0.717, 1.165) is 26.2 Å². The molecule has 3 N–H and O–H groups in total. The summed E-state index contributed by atoms with van der Waals surface area (Å²) in [5, 5.41) is 9.11. The van der Waals surface area contributed by atoms with Crippen LogP contribution in [0.15, 0.2) is 4.99 Å². The smallest absolute Gasteiger partial charge is 0.410 e. The Hall–Kier alpha value is -1.50. The van der Waals surface area contributed by atoms with E-state index in [1.54, 1.807) is 4.90 Å². The van der Waals surface area contributed by atoms with E-state index in [0.29, 0.717) is 38.7 Å². The molecule has 1 saturated heterocycles. The lowest BCUT2D eigenvalue weighted by Crippen LogP contribution is -2.50. The fourth-order valence-electron chi connectivity index (χ4n) is 2.79. The standard InChI is InChI=1S/C21H42N6O4.HI/c1-8-22-17(23-9-10-25-18(28)30-20(2,3)4)24-11-12-26-13-15-27(16-14-26)19(29)31-21(5,6)7;/h8-16H2,1-7H3,(H,25,28)(H2,22,23,24);1H. The Kier molecular flexibility index (Phi) is 13.9. The molecule has 2 amide bonds. The lowest BCUT2D eigenvalue weighted by Gasteiger charge is -2.35. The van der Waals surface area contributed by atoms with Gasteiger partial charge in [-0.3, -0.25) is 9.89 Å². The first-order chi connectivity index (χ1) is 14.4. The van der Waals surface area contributed by atoms with Gasteiger partial charge in [-0.2, -0.15) is 0 Å². The Morgan fingerprint density at radius 2 is 1.44 bits per heavy atom. The number of halogens is 1. The number of ether oxygens (including phenoxy) is 2. The molecule has 1 fully saturated rings. The molecule has 0 saturated carbocycles. The van der Waals surface area contributed by atoms with Gasteiger partial charge < -0.3 is 30.3 Å². The predicted molar refractivity (Wildman–Crippen MR) is 138 cm³/mol. The van der Waals surface area contributed by atoms with Gasteiger partial charge in [-0.05, 0) is 48.5 Å². The van der Waals surface area contributed by atoms with Crippen LogP contribution in [0.5, 0.6) is 0 Å². The summed E-state index contributed by atoms with van der Waals surface area (Å²) in [6, 6.07) is 0. The molecule has 0 aliphatic carbocycles. The monoisotopic (exact) mass is 570 g/mol. The summed E-state index contributed by atoms with van der Waals surface area (Å²) in [7, 11) is 0. The first kappa shape index (κ1) is 30.5. The summed E-state index contributed by atoms with van der Waals surface area (Å²) < 4.78 is 10.6. The average Bonchev–Trinajstić information content (AvgIpc) is 2.63. The van der Waals surface area contributed by atoms with Gasteiger partial charge in [-0.25, -0.2) is 9.59 Å². The van der Waals surface area contributed by atoms with Gasteiger partial charge in [0, 0.05) is 52.4 Å². The van der Waals surface area contributed by atoms with Gasteiger partial charge in [0.05, 0.1) is 6.54 Å². The normalized spacial score (nSPS) is 15.5. The number of amides is 2. The highest BCUT2D eigenvalue weighted by atomic mass is 127. The van der Waals surface area contributed by atoms with Gasteiger partial charge >= 0.3 is 12.2 Å². The number of nitrogens with zero attached hydrogens (tertiary/aromatic N) is 3. The minimum Gasteiger partial charge on any atom is -0.444 e. The lowest BCUT2D eigenvalue weighted by molar-refractivity contribution is 0.0147. The summed E-state index contributed by atoms with van der Waals surface area (Å²) in [5.74, 6) is 0.709. The van der Waals surface area contributed by atoms with Crippen LogP contribution in [0.25, 0.3) is 0 Å². The lowest BCUT2D eigenvalue weighted by atomic mass is 10.2. The van der Waals surface area contributed by atoms with Crippen molar-refractivity contribution in [2.24, 2.45) is 4.99 Å². The zero-order valence-corrected chi connectivity index (χ0v) is 23.1. The largest absolute Gasteiger partial charge is 0.444 e. The molecule has 10 nitrogen and oxygen atoms in total. The highest BCUT2D eigenvalue weighted by Gasteiger charge is 2.25. The Labute approximate surface area is 210 Å². The van der Waals surface area contributed by atoms with Gasteiger partial charge in [0.2, 0.25) is 0 Å². The van der Waals surface area contributed by atoms with Crippen molar-refractivity contribution in [2.45, 2.75) is 59.7 Å². The molecule has 0 aromatic carbocycles. The SMILES string of the molecule is CCNC(=NCCN1CCN(C(=O)OC(C)(C)C)CC1)NCCNC(=O)OC(C)(C)C.I. The number of hydrogen-bond acceptors (Lipinski definition) is 6. The van der Waals surface area contributed by atoms with Gasteiger partial charge in [0.15, 0.2) is 5.96 Å². The number of guanidine groups is 1. The van der Waals surface area contributed by atoms with Crippen molar-refractivity contribution in [3.63, 3.8) is 0 Å². The number of aliphatic imine (C=N–C) groups is 1. The average molecular weight is 571 g/mol. The maximum absolute atomic E-state index is 12.1. The van der Waals surface area contributed by atoms with E-state index in [1.165, 1.54) is 0 Å². The Bertz CT molecular complexity index is 596. The van der Waals surface area contributed by atoms with Gasteiger partial charge in [0.1, 0.15) is 11.2 Å². The molecule has 188 valence electrons. The molecule has 0 radical (unpaired) electrons. The van der Waals surface area contributed by atoms with Crippen LogP contribution in [0, 0.1) is 0 Å². The van der Waals surface area contributed by atoms with E-state index >= 15 is 0 Å². The quantitative estimate of drug-likeness (QED) is 0.187. The van der Waals surface area contributed by atoms with E-state index in [9.17, 15) is 9.59 Å². The number of piperazine rings is 1. The summed E-state index contributed by atoms with van der Waals surface area (Å²) >= 11 is 0. The highest BCUT2D eigenvalue weighted by molar-refractivity contribution is 14.0. The van der Waals surface area contributed by atoms with E-state index in [1.807, 2.05) is 48.5 Å². The van der Waals surface area contributed by atoms with Gasteiger partial charge in [-0.15, -0.1) is 24.0 Å². The van der Waals surface area contributed by atoms with Crippen LogP contribution in [-0.4, -0.2) is 98.1 Å². The van der Waals surface area contributed by atoms with E-state index in [4.69, 9.17) is 9.47 Å². The van der Waals surface area contributed by atoms with Crippen LogP contribution in [0.2, 0.25) is 0 Å². The van der Waals surface area contributed by atoms with Crippen LogP contribution >= 0.6 is 24.0 Å². The third kappa shape index (κ3) is 14.5. The first-order valence-corrected chi connectivity index (χ1v) is 11.1. The molecule has 1 aliphatic rings. The van der Waals surface area contributed by atoms with Crippen molar-refractivity contribution in [3.8, 4) is 0 Å². The summed E-state index contributed by atoms with van der Waals surface area (Å²) in [4.78, 5) is 32.4. The Balaban J connectivity index is 0.00000961. The molecule has 0 aromatic rings. The Morgan fingerprint density at radius 1 is 0.875 bits per heavy atom. The van der Waals surface area contributed by atoms with Gasteiger partial charge in [0.25, 0.3) is 0 Å². The molecule has 1 rings (SSSR count). The maximum Gasteiger partial charge on any atom is 0.410 e. The van der Waals surface area contributed by atoms with Gasteiger partial charge in [-0.1, -0.05) is 0 Å². The van der Waals surface area contributed by atoms with Crippen LogP contribution in [0.1, 0.15) is 48.5 Å². The minimum absolute atomic E-state index is 0. The fraction of sp³-hybridized carbons (Fsp3) is 0.857. The molecule has 1 heterocycles. The molecule has 32 heavy (non-hydrogen) atoms. The summed E-state index contributed by atoms with van der Waals surface area (Å²) in [5.41, 5.74) is -0.979. The number of carbonyl (C=O) groups excluding carboxylic acids is 2. The molecule has 11 heteroatoms. The third-order valence-electron chi connectivity index (χ3n) is 4.14. The topological polar surface area (TPSA) is 108 Å².